The highest BCUT2D eigenvalue weighted by atomic mass is 79.9. The van der Waals surface area contributed by atoms with Gasteiger partial charge in [-0.25, -0.2) is 0 Å². The lowest BCUT2D eigenvalue weighted by Gasteiger charge is -2.13. The van der Waals surface area contributed by atoms with Crippen molar-refractivity contribution in [2.24, 2.45) is 0 Å². The Morgan fingerprint density at radius 1 is 1.30 bits per heavy atom. The van der Waals surface area contributed by atoms with Crippen LogP contribution in [0.25, 0.3) is 6.08 Å². The summed E-state index contributed by atoms with van der Waals surface area (Å²) in [4.78, 5) is 12.5. The zero-order valence-corrected chi connectivity index (χ0v) is 18.2. The maximum Gasteiger partial charge on any atom is 0.262 e. The van der Waals surface area contributed by atoms with E-state index in [0.717, 1.165) is 12.0 Å². The Balaban J connectivity index is 1.73. The van der Waals surface area contributed by atoms with Crippen LogP contribution in [-0.4, -0.2) is 26.4 Å². The number of amides is 1. The fourth-order valence-corrected chi connectivity index (χ4v) is 3.39. The summed E-state index contributed by atoms with van der Waals surface area (Å²) >= 11 is 3.46. The van der Waals surface area contributed by atoms with Gasteiger partial charge in [-0.2, -0.15) is 5.26 Å². The molecule has 1 aliphatic rings. The molecule has 3 rings (SSSR count). The Morgan fingerprint density at radius 3 is 2.83 bits per heavy atom. The molecule has 7 nitrogen and oxygen atoms in total. The van der Waals surface area contributed by atoms with E-state index in [-0.39, 0.29) is 18.9 Å². The number of methoxy groups -OCH3 is 1. The van der Waals surface area contributed by atoms with Gasteiger partial charge in [-0.05, 0) is 63.8 Å². The second-order valence-corrected chi connectivity index (χ2v) is 7.28. The number of halogens is 1. The normalized spacial score (nSPS) is 12.3. The molecule has 8 heteroatoms. The van der Waals surface area contributed by atoms with Gasteiger partial charge in [-0.15, -0.1) is 0 Å². The standard InChI is InChI=1S/C22H21BrN2O5/c1-3-6-28-21-17(23)8-15(10-20(21)27-2)7-16(11-24)22(26)25-12-14-4-5-18-19(9-14)30-13-29-18/h4-5,7-10H,3,6,12-13H2,1-2H3,(H,25,26)/b16-7-. The summed E-state index contributed by atoms with van der Waals surface area (Å²) in [6, 6.07) is 10.9. The van der Waals surface area contributed by atoms with Crippen LogP contribution in [0, 0.1) is 11.3 Å². The first kappa shape index (κ1) is 21.5. The number of hydrogen-bond donors (Lipinski definition) is 1. The molecule has 0 saturated carbocycles. The highest BCUT2D eigenvalue weighted by Gasteiger charge is 2.16. The topological polar surface area (TPSA) is 89.8 Å². The number of carbonyl (C=O) groups excluding carboxylic acids is 1. The van der Waals surface area contributed by atoms with E-state index in [4.69, 9.17) is 18.9 Å². The van der Waals surface area contributed by atoms with Crippen LogP contribution < -0.4 is 24.3 Å². The molecule has 0 aromatic heterocycles. The molecule has 0 unspecified atom stereocenters. The third-order valence-corrected chi connectivity index (χ3v) is 4.86. The summed E-state index contributed by atoms with van der Waals surface area (Å²) in [5.41, 5.74) is 1.45. The Hall–Kier alpha value is -3.18. The largest absolute Gasteiger partial charge is 0.493 e. The van der Waals surface area contributed by atoms with Gasteiger partial charge in [0.25, 0.3) is 5.91 Å². The van der Waals surface area contributed by atoms with E-state index < -0.39 is 5.91 Å². The quantitative estimate of drug-likeness (QED) is 0.457. The van der Waals surface area contributed by atoms with Crippen LogP contribution in [0.5, 0.6) is 23.0 Å². The first-order chi connectivity index (χ1) is 14.5. The van der Waals surface area contributed by atoms with Gasteiger partial charge in [0, 0.05) is 6.54 Å². The van der Waals surface area contributed by atoms with Crippen LogP contribution in [-0.2, 0) is 11.3 Å². The van der Waals surface area contributed by atoms with Crippen molar-refractivity contribution >= 4 is 27.9 Å². The second kappa shape index (κ2) is 10.0. The smallest absolute Gasteiger partial charge is 0.262 e. The Kier molecular flexibility index (Phi) is 7.20. The van der Waals surface area contributed by atoms with E-state index >= 15 is 0 Å². The second-order valence-electron chi connectivity index (χ2n) is 6.42. The van der Waals surface area contributed by atoms with Gasteiger partial charge in [-0.1, -0.05) is 13.0 Å². The van der Waals surface area contributed by atoms with Crippen LogP contribution in [0.1, 0.15) is 24.5 Å². The molecule has 2 aromatic rings. The van der Waals surface area contributed by atoms with Crippen molar-refractivity contribution in [2.45, 2.75) is 19.9 Å². The minimum atomic E-state index is -0.475. The van der Waals surface area contributed by atoms with E-state index in [9.17, 15) is 10.1 Å². The van der Waals surface area contributed by atoms with Crippen molar-refractivity contribution in [1.29, 1.82) is 5.26 Å². The van der Waals surface area contributed by atoms with Gasteiger partial charge in [0.05, 0.1) is 18.2 Å². The molecule has 0 radical (unpaired) electrons. The molecule has 1 amide bonds. The number of ether oxygens (including phenoxy) is 4. The Morgan fingerprint density at radius 2 is 2.10 bits per heavy atom. The van der Waals surface area contributed by atoms with E-state index in [2.05, 4.69) is 21.2 Å². The molecular formula is C22H21BrN2O5. The Labute approximate surface area is 183 Å². The Bertz CT molecular complexity index is 1010. The van der Waals surface area contributed by atoms with Gasteiger partial charge in [-0.3, -0.25) is 4.79 Å². The number of benzene rings is 2. The lowest BCUT2D eigenvalue weighted by Crippen LogP contribution is -2.23. The van der Waals surface area contributed by atoms with Gasteiger partial charge >= 0.3 is 0 Å². The van der Waals surface area contributed by atoms with Crippen LogP contribution in [0.3, 0.4) is 0 Å². The van der Waals surface area contributed by atoms with Crippen molar-refractivity contribution in [3.05, 3.63) is 51.5 Å². The minimum absolute atomic E-state index is 0.0214. The maximum atomic E-state index is 12.5. The fraction of sp³-hybridized carbons (Fsp3) is 0.273. The summed E-state index contributed by atoms with van der Waals surface area (Å²) < 4.78 is 22.4. The van der Waals surface area contributed by atoms with E-state index in [0.29, 0.717) is 39.6 Å². The molecule has 0 aliphatic carbocycles. The summed E-state index contributed by atoms with van der Waals surface area (Å²) in [5, 5.41) is 12.2. The molecule has 156 valence electrons. The molecule has 0 bridgehead atoms. The molecule has 1 N–H and O–H groups in total. The highest BCUT2D eigenvalue weighted by Crippen LogP contribution is 2.37. The summed E-state index contributed by atoms with van der Waals surface area (Å²) in [6.45, 7) is 3.01. The number of nitriles is 1. The van der Waals surface area contributed by atoms with E-state index in [1.807, 2.05) is 19.1 Å². The van der Waals surface area contributed by atoms with Crippen molar-refractivity contribution in [3.63, 3.8) is 0 Å². The zero-order chi connectivity index (χ0) is 21.5. The number of fused-ring (bicyclic) bond motifs is 1. The molecule has 0 saturated heterocycles. The highest BCUT2D eigenvalue weighted by molar-refractivity contribution is 9.10. The van der Waals surface area contributed by atoms with Gasteiger partial charge in [0.2, 0.25) is 6.79 Å². The van der Waals surface area contributed by atoms with Crippen molar-refractivity contribution in [2.75, 3.05) is 20.5 Å². The number of hydrogen-bond acceptors (Lipinski definition) is 6. The summed E-state index contributed by atoms with van der Waals surface area (Å²) in [7, 11) is 1.54. The fourth-order valence-electron chi connectivity index (χ4n) is 2.81. The lowest BCUT2D eigenvalue weighted by atomic mass is 10.1. The van der Waals surface area contributed by atoms with Gasteiger partial charge in [0.15, 0.2) is 23.0 Å². The third-order valence-electron chi connectivity index (χ3n) is 4.27. The zero-order valence-electron chi connectivity index (χ0n) is 16.7. The van der Waals surface area contributed by atoms with E-state index in [1.165, 1.54) is 13.2 Å². The predicted molar refractivity (Wildman–Crippen MR) is 114 cm³/mol. The first-order valence-corrected chi connectivity index (χ1v) is 10.1. The average molecular weight is 473 g/mol. The molecule has 1 aliphatic heterocycles. The number of rotatable bonds is 8. The number of carbonyl (C=O) groups is 1. The molecule has 0 fully saturated rings. The van der Waals surface area contributed by atoms with Gasteiger partial charge in [0.1, 0.15) is 11.6 Å². The van der Waals surface area contributed by atoms with Crippen LogP contribution in [0.2, 0.25) is 0 Å². The van der Waals surface area contributed by atoms with Crippen molar-refractivity contribution in [3.8, 4) is 29.1 Å². The number of nitrogens with one attached hydrogen (secondary N) is 1. The molecule has 0 atom stereocenters. The average Bonchev–Trinajstić information content (AvgIpc) is 3.22. The third kappa shape index (κ3) is 5.05. The van der Waals surface area contributed by atoms with E-state index in [1.54, 1.807) is 24.3 Å². The molecule has 0 spiro atoms. The van der Waals surface area contributed by atoms with Crippen LogP contribution >= 0.6 is 15.9 Å². The van der Waals surface area contributed by atoms with Gasteiger partial charge < -0.3 is 24.3 Å². The molecule has 1 heterocycles. The maximum absolute atomic E-state index is 12.5. The molecule has 30 heavy (non-hydrogen) atoms. The monoisotopic (exact) mass is 472 g/mol. The minimum Gasteiger partial charge on any atom is -0.493 e. The predicted octanol–water partition coefficient (Wildman–Crippen LogP) is 4.20. The molecular weight excluding hydrogens is 452 g/mol. The first-order valence-electron chi connectivity index (χ1n) is 9.34. The molecule has 2 aromatic carbocycles. The van der Waals surface area contributed by atoms with Crippen molar-refractivity contribution in [1.82, 2.24) is 5.32 Å². The van der Waals surface area contributed by atoms with Crippen LogP contribution in [0.4, 0.5) is 0 Å². The SMILES string of the molecule is CCCOc1c(Br)cc(/C=C(/C#N)C(=O)NCc2ccc3c(c2)OCO3)cc1OC. The summed E-state index contributed by atoms with van der Waals surface area (Å²) in [5.74, 6) is 1.94. The van der Waals surface area contributed by atoms with Crippen molar-refractivity contribution < 1.29 is 23.7 Å². The summed E-state index contributed by atoms with van der Waals surface area (Å²) in [6.07, 6.45) is 2.37. The lowest BCUT2D eigenvalue weighted by molar-refractivity contribution is -0.117. The number of nitrogens with zero attached hydrogens (tertiary/aromatic N) is 1. The van der Waals surface area contributed by atoms with Crippen LogP contribution in [0.15, 0.2) is 40.4 Å².